The molecule has 6 heteroatoms. The number of pyridine rings is 1. The van der Waals surface area contributed by atoms with Gasteiger partial charge in [-0.15, -0.1) is 11.3 Å². The number of hydrogen-bond acceptors (Lipinski definition) is 4. The molecule has 3 aromatic rings. The van der Waals surface area contributed by atoms with E-state index in [-0.39, 0.29) is 11.3 Å². The smallest absolute Gasteiger partial charge is 0.197 e. The van der Waals surface area contributed by atoms with E-state index in [4.69, 9.17) is 0 Å². The normalized spacial score (nSPS) is 11.1. The maximum Gasteiger partial charge on any atom is 0.197 e. The summed E-state index contributed by atoms with van der Waals surface area (Å²) >= 11 is 1.26. The summed E-state index contributed by atoms with van der Waals surface area (Å²) in [6.45, 7) is 1.75. The summed E-state index contributed by atoms with van der Waals surface area (Å²) in [4.78, 5) is 21.2. The highest BCUT2D eigenvalue weighted by Crippen LogP contribution is 2.28. The number of hydrogen-bond donors (Lipinski definition) is 0. The maximum atomic E-state index is 13.6. The molecule has 3 rings (SSSR count). The third-order valence-corrected chi connectivity index (χ3v) is 4.53. The van der Waals surface area contributed by atoms with Crippen LogP contribution < -0.4 is 0 Å². The van der Waals surface area contributed by atoms with E-state index in [0.717, 1.165) is 17.7 Å². The number of nitrogens with zero attached hydrogens (tertiary/aromatic N) is 2. The zero-order chi connectivity index (χ0) is 17.1. The van der Waals surface area contributed by atoms with Crippen LogP contribution in [-0.4, -0.2) is 15.8 Å². The molecule has 1 aromatic carbocycles. The van der Waals surface area contributed by atoms with Gasteiger partial charge in [-0.05, 0) is 43.3 Å². The van der Waals surface area contributed by atoms with Crippen molar-refractivity contribution in [1.82, 2.24) is 9.97 Å². The average molecular weight is 342 g/mol. The number of benzene rings is 1. The first-order valence-corrected chi connectivity index (χ1v) is 7.91. The van der Waals surface area contributed by atoms with Crippen molar-refractivity contribution < 1.29 is 13.6 Å². The summed E-state index contributed by atoms with van der Waals surface area (Å²) in [7, 11) is 0. The molecule has 24 heavy (non-hydrogen) atoms. The van der Waals surface area contributed by atoms with Crippen molar-refractivity contribution in [3.63, 3.8) is 0 Å². The van der Waals surface area contributed by atoms with E-state index in [2.05, 4.69) is 9.97 Å². The fourth-order valence-corrected chi connectivity index (χ4v) is 3.09. The minimum Gasteiger partial charge on any atom is -0.288 e. The molecule has 0 saturated heterocycles. The Hall–Kier alpha value is -2.73. The Balaban J connectivity index is 1.85. The summed E-state index contributed by atoms with van der Waals surface area (Å²) < 4.78 is 26.5. The molecule has 0 bridgehead atoms. The van der Waals surface area contributed by atoms with Crippen LogP contribution in [0, 0.1) is 18.6 Å². The Morgan fingerprint density at radius 3 is 2.79 bits per heavy atom. The molecular weight excluding hydrogens is 330 g/mol. The fourth-order valence-electron chi connectivity index (χ4n) is 2.12. The van der Waals surface area contributed by atoms with Crippen molar-refractivity contribution in [2.24, 2.45) is 0 Å². The second kappa shape index (κ2) is 6.80. The lowest BCUT2D eigenvalue weighted by Gasteiger charge is -1.96. The Bertz CT molecular complexity index is 920. The van der Waals surface area contributed by atoms with Crippen molar-refractivity contribution in [2.75, 3.05) is 0 Å². The number of carbonyl (C=O) groups excluding carboxylic acids is 1. The van der Waals surface area contributed by atoms with Gasteiger partial charge < -0.3 is 0 Å². The molecule has 0 unspecified atom stereocenters. The molecule has 0 atom stereocenters. The third kappa shape index (κ3) is 3.44. The zero-order valence-electron chi connectivity index (χ0n) is 12.7. The van der Waals surface area contributed by atoms with Crippen LogP contribution in [0.4, 0.5) is 8.78 Å². The fraction of sp³-hybridized carbons (Fsp3) is 0.0556. The van der Waals surface area contributed by atoms with E-state index in [1.165, 1.54) is 29.6 Å². The van der Waals surface area contributed by atoms with Crippen LogP contribution in [0.15, 0.2) is 48.8 Å². The summed E-state index contributed by atoms with van der Waals surface area (Å²) in [6, 6.07) is 6.87. The van der Waals surface area contributed by atoms with Crippen molar-refractivity contribution >= 4 is 23.2 Å². The van der Waals surface area contributed by atoms with Crippen LogP contribution in [0.3, 0.4) is 0 Å². The van der Waals surface area contributed by atoms with Gasteiger partial charge in [-0.2, -0.15) is 0 Å². The number of ketones is 1. The highest BCUT2D eigenvalue weighted by Gasteiger charge is 2.14. The van der Waals surface area contributed by atoms with Gasteiger partial charge in [-0.3, -0.25) is 9.78 Å². The summed E-state index contributed by atoms with van der Waals surface area (Å²) in [5.74, 6) is -1.64. The number of thiazole rings is 1. The van der Waals surface area contributed by atoms with Gasteiger partial charge in [-0.25, -0.2) is 13.8 Å². The van der Waals surface area contributed by atoms with E-state index in [1.807, 2.05) is 6.07 Å². The molecule has 2 heterocycles. The number of aromatic nitrogens is 2. The zero-order valence-corrected chi connectivity index (χ0v) is 13.5. The van der Waals surface area contributed by atoms with Crippen LogP contribution in [-0.2, 0) is 0 Å². The number of rotatable bonds is 4. The van der Waals surface area contributed by atoms with Crippen LogP contribution in [0.25, 0.3) is 16.6 Å². The first kappa shape index (κ1) is 16.1. The lowest BCUT2D eigenvalue weighted by molar-refractivity contribution is 0.105. The largest absolute Gasteiger partial charge is 0.288 e. The summed E-state index contributed by atoms with van der Waals surface area (Å²) in [5.41, 5.74) is 1.59. The maximum absolute atomic E-state index is 13.6. The molecule has 2 aromatic heterocycles. The topological polar surface area (TPSA) is 42.9 Å². The van der Waals surface area contributed by atoms with Gasteiger partial charge in [-0.1, -0.05) is 0 Å². The quantitative estimate of drug-likeness (QED) is 0.510. The molecule has 0 fully saturated rings. The third-order valence-electron chi connectivity index (χ3n) is 3.31. The van der Waals surface area contributed by atoms with Crippen molar-refractivity contribution in [2.45, 2.75) is 6.92 Å². The monoisotopic (exact) mass is 342 g/mol. The van der Waals surface area contributed by atoms with Gasteiger partial charge in [0.1, 0.15) is 16.6 Å². The van der Waals surface area contributed by atoms with E-state index in [0.29, 0.717) is 15.6 Å². The molecule has 0 spiro atoms. The number of allylic oxidation sites excluding steroid dienone is 1. The number of halogens is 2. The molecule has 0 aliphatic rings. The molecule has 0 N–H and O–H groups in total. The first-order chi connectivity index (χ1) is 11.5. The standard InChI is InChI=1S/C18H12F2N2OS/c1-11-17(24-18(22-11)13-3-2-8-21-10-13)16(23)7-5-12-4-6-14(19)9-15(12)20/h2-10H,1H3/b7-5+. The summed E-state index contributed by atoms with van der Waals surface area (Å²) in [6.07, 6.45) is 5.94. The Kier molecular flexibility index (Phi) is 4.57. The molecule has 3 nitrogen and oxygen atoms in total. The van der Waals surface area contributed by atoms with Gasteiger partial charge >= 0.3 is 0 Å². The van der Waals surface area contributed by atoms with Crippen molar-refractivity contribution in [3.8, 4) is 10.6 Å². The predicted octanol–water partition coefficient (Wildman–Crippen LogP) is 4.69. The molecule has 0 radical (unpaired) electrons. The van der Waals surface area contributed by atoms with Gasteiger partial charge in [0.05, 0.1) is 10.6 Å². The van der Waals surface area contributed by atoms with Crippen LogP contribution in [0.5, 0.6) is 0 Å². The van der Waals surface area contributed by atoms with Crippen molar-refractivity contribution in [1.29, 1.82) is 0 Å². The van der Waals surface area contributed by atoms with Crippen LogP contribution in [0.2, 0.25) is 0 Å². The second-order valence-electron chi connectivity index (χ2n) is 5.04. The lowest BCUT2D eigenvalue weighted by Crippen LogP contribution is -1.93. The number of carbonyl (C=O) groups is 1. The predicted molar refractivity (Wildman–Crippen MR) is 89.8 cm³/mol. The molecule has 0 aliphatic carbocycles. The Morgan fingerprint density at radius 1 is 1.25 bits per heavy atom. The highest BCUT2D eigenvalue weighted by atomic mass is 32.1. The molecular formula is C18H12F2N2OS. The van der Waals surface area contributed by atoms with Gasteiger partial charge in [0.25, 0.3) is 0 Å². The summed E-state index contributed by atoms with van der Waals surface area (Å²) in [5, 5.41) is 0.699. The van der Waals surface area contributed by atoms with Crippen molar-refractivity contribution in [3.05, 3.63) is 76.6 Å². The Morgan fingerprint density at radius 2 is 2.08 bits per heavy atom. The van der Waals surface area contributed by atoms with Gasteiger partial charge in [0, 0.05) is 29.6 Å². The molecule has 0 amide bonds. The Labute approximate surface area is 141 Å². The van der Waals surface area contributed by atoms with Crippen LogP contribution in [0.1, 0.15) is 20.9 Å². The minimum atomic E-state index is -0.712. The van der Waals surface area contributed by atoms with Crippen LogP contribution >= 0.6 is 11.3 Å². The van der Waals surface area contributed by atoms with E-state index in [1.54, 1.807) is 25.4 Å². The van der Waals surface area contributed by atoms with E-state index >= 15 is 0 Å². The molecule has 0 saturated carbocycles. The second-order valence-corrected chi connectivity index (χ2v) is 6.04. The first-order valence-electron chi connectivity index (χ1n) is 7.10. The highest BCUT2D eigenvalue weighted by molar-refractivity contribution is 7.17. The molecule has 120 valence electrons. The average Bonchev–Trinajstić information content (AvgIpc) is 2.96. The lowest BCUT2D eigenvalue weighted by atomic mass is 10.1. The van der Waals surface area contributed by atoms with Gasteiger partial charge in [0.2, 0.25) is 0 Å². The van der Waals surface area contributed by atoms with Gasteiger partial charge in [0.15, 0.2) is 5.78 Å². The SMILES string of the molecule is Cc1nc(-c2cccnc2)sc1C(=O)/C=C/c1ccc(F)cc1F. The minimum absolute atomic E-state index is 0.152. The van der Waals surface area contributed by atoms with E-state index < -0.39 is 11.6 Å². The van der Waals surface area contributed by atoms with E-state index in [9.17, 15) is 13.6 Å². The number of aryl methyl sites for hydroxylation is 1. The molecule has 0 aliphatic heterocycles.